The first-order chi connectivity index (χ1) is 6.90. The van der Waals surface area contributed by atoms with Crippen LogP contribution in [0, 0.1) is 0 Å². The van der Waals surface area contributed by atoms with Gasteiger partial charge in [0, 0.05) is 17.9 Å². The van der Waals surface area contributed by atoms with Crippen molar-refractivity contribution in [3.8, 4) is 0 Å². The SMILES string of the molecule is OCCC1CSC(c2ccccc2)=N1. The molecule has 0 spiro atoms. The molecule has 0 radical (unpaired) electrons. The van der Waals surface area contributed by atoms with E-state index < -0.39 is 0 Å². The van der Waals surface area contributed by atoms with Gasteiger partial charge in [-0.3, -0.25) is 4.99 Å². The minimum absolute atomic E-state index is 0.233. The van der Waals surface area contributed by atoms with Crippen molar-refractivity contribution in [3.63, 3.8) is 0 Å². The summed E-state index contributed by atoms with van der Waals surface area (Å²) in [6.45, 7) is 0.233. The minimum Gasteiger partial charge on any atom is -0.396 e. The first kappa shape index (κ1) is 9.74. The molecule has 0 aliphatic carbocycles. The van der Waals surface area contributed by atoms with Crippen LogP contribution >= 0.6 is 11.8 Å². The number of aliphatic imine (C=N–C) groups is 1. The first-order valence-corrected chi connectivity index (χ1v) is 5.75. The summed E-state index contributed by atoms with van der Waals surface area (Å²) in [4.78, 5) is 4.57. The average molecular weight is 207 g/mol. The van der Waals surface area contributed by atoms with E-state index in [4.69, 9.17) is 5.11 Å². The Hall–Kier alpha value is -0.800. The van der Waals surface area contributed by atoms with Gasteiger partial charge in [-0.1, -0.05) is 30.3 Å². The lowest BCUT2D eigenvalue weighted by molar-refractivity contribution is 0.280. The van der Waals surface area contributed by atoms with Gasteiger partial charge in [0.15, 0.2) is 0 Å². The van der Waals surface area contributed by atoms with Crippen LogP contribution in [-0.2, 0) is 0 Å². The van der Waals surface area contributed by atoms with Crippen LogP contribution in [0.3, 0.4) is 0 Å². The molecule has 1 aliphatic heterocycles. The highest BCUT2D eigenvalue weighted by molar-refractivity contribution is 8.14. The van der Waals surface area contributed by atoms with Gasteiger partial charge in [-0.25, -0.2) is 0 Å². The summed E-state index contributed by atoms with van der Waals surface area (Å²) in [6.07, 6.45) is 0.781. The molecule has 0 saturated heterocycles. The van der Waals surface area contributed by atoms with E-state index in [1.807, 2.05) is 18.2 Å². The van der Waals surface area contributed by atoms with Gasteiger partial charge in [-0.15, -0.1) is 11.8 Å². The quantitative estimate of drug-likeness (QED) is 0.821. The third-order valence-electron chi connectivity index (χ3n) is 2.20. The molecular formula is C11H13NOS. The number of benzene rings is 1. The second kappa shape index (κ2) is 4.62. The predicted molar refractivity (Wildman–Crippen MR) is 60.9 cm³/mol. The molecule has 0 saturated carbocycles. The third-order valence-corrected chi connectivity index (χ3v) is 3.36. The molecule has 0 bridgehead atoms. The van der Waals surface area contributed by atoms with Crippen LogP contribution in [0.15, 0.2) is 35.3 Å². The van der Waals surface area contributed by atoms with Crippen LogP contribution in [-0.4, -0.2) is 28.6 Å². The van der Waals surface area contributed by atoms with Gasteiger partial charge in [0.05, 0.1) is 11.1 Å². The van der Waals surface area contributed by atoms with Crippen molar-refractivity contribution in [2.24, 2.45) is 4.99 Å². The fourth-order valence-electron chi connectivity index (χ4n) is 1.45. The topological polar surface area (TPSA) is 32.6 Å². The van der Waals surface area contributed by atoms with Crippen molar-refractivity contribution >= 4 is 16.8 Å². The van der Waals surface area contributed by atoms with Crippen LogP contribution in [0.5, 0.6) is 0 Å². The summed E-state index contributed by atoms with van der Waals surface area (Å²) in [5.74, 6) is 1.00. The van der Waals surface area contributed by atoms with Crippen molar-refractivity contribution in [3.05, 3.63) is 35.9 Å². The first-order valence-electron chi connectivity index (χ1n) is 4.77. The van der Waals surface area contributed by atoms with E-state index in [1.165, 1.54) is 5.56 Å². The summed E-state index contributed by atoms with van der Waals surface area (Å²) >= 11 is 1.78. The molecule has 1 unspecified atom stereocenters. The molecule has 1 heterocycles. The lowest BCUT2D eigenvalue weighted by Crippen LogP contribution is -2.05. The van der Waals surface area contributed by atoms with Crippen LogP contribution < -0.4 is 0 Å². The standard InChI is InChI=1S/C11H13NOS/c13-7-6-10-8-14-11(12-10)9-4-2-1-3-5-9/h1-5,10,13H,6-8H2. The van der Waals surface area contributed by atoms with Gasteiger partial charge in [-0.2, -0.15) is 0 Å². The van der Waals surface area contributed by atoms with E-state index in [9.17, 15) is 0 Å². The molecule has 14 heavy (non-hydrogen) atoms. The minimum atomic E-state index is 0.233. The van der Waals surface area contributed by atoms with E-state index in [2.05, 4.69) is 17.1 Å². The van der Waals surface area contributed by atoms with Crippen LogP contribution in [0.25, 0.3) is 0 Å². The summed E-state index contributed by atoms with van der Waals surface area (Å²) in [5, 5.41) is 9.92. The molecule has 3 heteroatoms. The number of aliphatic hydroxyl groups is 1. The Morgan fingerprint density at radius 3 is 2.86 bits per heavy atom. The van der Waals surface area contributed by atoms with Gasteiger partial charge in [0.1, 0.15) is 0 Å². The summed E-state index contributed by atoms with van der Waals surface area (Å²) in [5.41, 5.74) is 1.19. The molecule has 1 aromatic rings. The average Bonchev–Trinajstić information content (AvgIpc) is 2.68. The number of hydrogen-bond donors (Lipinski definition) is 1. The van der Waals surface area contributed by atoms with Gasteiger partial charge in [0.25, 0.3) is 0 Å². The molecule has 0 fully saturated rings. The maximum Gasteiger partial charge on any atom is 0.0981 e. The molecule has 1 aliphatic rings. The zero-order chi connectivity index (χ0) is 9.80. The molecule has 1 N–H and O–H groups in total. The molecule has 1 atom stereocenters. The third kappa shape index (κ3) is 2.16. The molecule has 2 rings (SSSR count). The van der Waals surface area contributed by atoms with Gasteiger partial charge in [-0.05, 0) is 6.42 Å². The Balaban J connectivity index is 2.10. The maximum atomic E-state index is 8.80. The predicted octanol–water partition coefficient (Wildman–Crippen LogP) is 1.93. The molecule has 2 nitrogen and oxygen atoms in total. The Morgan fingerprint density at radius 2 is 2.14 bits per heavy atom. The van der Waals surface area contributed by atoms with Crippen molar-refractivity contribution in [1.29, 1.82) is 0 Å². The second-order valence-electron chi connectivity index (χ2n) is 3.28. The van der Waals surface area contributed by atoms with E-state index >= 15 is 0 Å². The fourth-order valence-corrected chi connectivity index (χ4v) is 2.57. The van der Waals surface area contributed by atoms with E-state index in [1.54, 1.807) is 11.8 Å². The smallest absolute Gasteiger partial charge is 0.0981 e. The Kier molecular flexibility index (Phi) is 3.22. The van der Waals surface area contributed by atoms with Crippen molar-refractivity contribution < 1.29 is 5.11 Å². The highest BCUT2D eigenvalue weighted by Crippen LogP contribution is 2.24. The normalized spacial score (nSPS) is 20.9. The fraction of sp³-hybridized carbons (Fsp3) is 0.364. The van der Waals surface area contributed by atoms with E-state index in [0.29, 0.717) is 6.04 Å². The lowest BCUT2D eigenvalue weighted by atomic mass is 10.2. The van der Waals surface area contributed by atoms with Gasteiger partial charge in [0.2, 0.25) is 0 Å². The van der Waals surface area contributed by atoms with Crippen LogP contribution in [0.1, 0.15) is 12.0 Å². The number of thioether (sulfide) groups is 1. The monoisotopic (exact) mass is 207 g/mol. The largest absolute Gasteiger partial charge is 0.396 e. The number of hydrogen-bond acceptors (Lipinski definition) is 3. The highest BCUT2D eigenvalue weighted by Gasteiger charge is 2.18. The number of rotatable bonds is 3. The maximum absolute atomic E-state index is 8.80. The Morgan fingerprint density at radius 1 is 1.36 bits per heavy atom. The highest BCUT2D eigenvalue weighted by atomic mass is 32.2. The second-order valence-corrected chi connectivity index (χ2v) is 4.29. The summed E-state index contributed by atoms with van der Waals surface area (Å²) in [6, 6.07) is 10.5. The molecule has 74 valence electrons. The van der Waals surface area contributed by atoms with Crippen molar-refractivity contribution in [2.75, 3.05) is 12.4 Å². The molecule has 1 aromatic carbocycles. The molecule has 0 aromatic heterocycles. The molecule has 0 amide bonds. The Bertz CT molecular complexity index is 323. The molecular weight excluding hydrogens is 194 g/mol. The number of nitrogens with zero attached hydrogens (tertiary/aromatic N) is 1. The van der Waals surface area contributed by atoms with Crippen molar-refractivity contribution in [1.82, 2.24) is 0 Å². The van der Waals surface area contributed by atoms with Gasteiger partial charge < -0.3 is 5.11 Å². The number of aliphatic hydroxyl groups excluding tert-OH is 1. The summed E-state index contributed by atoms with van der Waals surface area (Å²) < 4.78 is 0. The Labute approximate surface area is 88.1 Å². The van der Waals surface area contributed by atoms with Crippen LogP contribution in [0.2, 0.25) is 0 Å². The lowest BCUT2D eigenvalue weighted by Gasteiger charge is -1.99. The van der Waals surface area contributed by atoms with Gasteiger partial charge >= 0.3 is 0 Å². The van der Waals surface area contributed by atoms with Crippen LogP contribution in [0.4, 0.5) is 0 Å². The zero-order valence-corrected chi connectivity index (χ0v) is 8.70. The van der Waals surface area contributed by atoms with E-state index in [0.717, 1.165) is 17.2 Å². The van der Waals surface area contributed by atoms with E-state index in [-0.39, 0.29) is 6.61 Å². The van der Waals surface area contributed by atoms with Crippen molar-refractivity contribution in [2.45, 2.75) is 12.5 Å². The zero-order valence-electron chi connectivity index (χ0n) is 7.89. The summed E-state index contributed by atoms with van der Waals surface area (Å²) in [7, 11) is 0.